The molecule has 5 nitrogen and oxygen atoms in total. The van der Waals surface area contributed by atoms with E-state index in [2.05, 4.69) is 15.3 Å². The summed E-state index contributed by atoms with van der Waals surface area (Å²) >= 11 is 5.89. The number of aryl methyl sites for hydroxylation is 1. The van der Waals surface area contributed by atoms with Crippen LogP contribution in [-0.2, 0) is 4.79 Å². The third-order valence-corrected chi connectivity index (χ3v) is 3.56. The summed E-state index contributed by atoms with van der Waals surface area (Å²) in [4.78, 5) is 32.6. The van der Waals surface area contributed by atoms with Gasteiger partial charge >= 0.3 is 0 Å². The average Bonchev–Trinajstić information content (AvgIpc) is 2.46. The van der Waals surface area contributed by atoms with Gasteiger partial charge < -0.3 is 5.32 Å². The van der Waals surface area contributed by atoms with Gasteiger partial charge in [-0.15, -0.1) is 0 Å². The van der Waals surface area contributed by atoms with Crippen LogP contribution in [-0.4, -0.2) is 21.7 Å². The predicted octanol–water partition coefficient (Wildman–Crippen LogP) is 3.90. The van der Waals surface area contributed by atoms with Crippen molar-refractivity contribution in [2.75, 3.05) is 5.32 Å². The second kappa shape index (κ2) is 6.87. The molecule has 0 aliphatic heterocycles. The average molecular weight is 332 g/mol. The Kier molecular flexibility index (Phi) is 5.11. The predicted molar refractivity (Wildman–Crippen MR) is 90.7 cm³/mol. The van der Waals surface area contributed by atoms with Crippen LogP contribution in [0.3, 0.4) is 0 Å². The van der Waals surface area contributed by atoms with Crippen molar-refractivity contribution in [2.45, 2.75) is 27.7 Å². The third kappa shape index (κ3) is 3.93. The Morgan fingerprint density at radius 2 is 1.74 bits per heavy atom. The maximum absolute atomic E-state index is 12.0. The molecule has 120 valence electrons. The third-order valence-electron chi connectivity index (χ3n) is 3.31. The number of hydrogen-bond donors (Lipinski definition) is 1. The zero-order chi connectivity index (χ0) is 17.1. The van der Waals surface area contributed by atoms with Gasteiger partial charge in [0, 0.05) is 16.5 Å². The first-order valence-electron chi connectivity index (χ1n) is 7.26. The van der Waals surface area contributed by atoms with Crippen molar-refractivity contribution in [1.82, 2.24) is 9.97 Å². The number of aromatic nitrogens is 2. The Morgan fingerprint density at radius 1 is 1.13 bits per heavy atom. The Morgan fingerprint density at radius 3 is 2.26 bits per heavy atom. The number of carbonyl (C=O) groups excluding carboxylic acids is 2. The highest BCUT2D eigenvalue weighted by Gasteiger charge is 2.19. The molecule has 1 N–H and O–H groups in total. The molecule has 2 aromatic rings. The highest BCUT2D eigenvalue weighted by Crippen LogP contribution is 2.24. The number of nitrogens with zero attached hydrogens (tertiary/aromatic N) is 2. The number of Topliss-reactive ketones (excluding diaryl/α,β-unsaturated/α-hetero) is 1. The van der Waals surface area contributed by atoms with Crippen molar-refractivity contribution >= 4 is 29.1 Å². The van der Waals surface area contributed by atoms with Gasteiger partial charge in [0.05, 0.1) is 11.3 Å². The van der Waals surface area contributed by atoms with Crippen LogP contribution >= 0.6 is 11.6 Å². The van der Waals surface area contributed by atoms with E-state index in [1.54, 1.807) is 45.0 Å². The minimum absolute atomic E-state index is 0.191. The van der Waals surface area contributed by atoms with E-state index >= 15 is 0 Å². The molecule has 0 bridgehead atoms. The van der Waals surface area contributed by atoms with Gasteiger partial charge in [0.1, 0.15) is 5.82 Å². The molecule has 6 heteroatoms. The Hall–Kier alpha value is -2.27. The molecule has 23 heavy (non-hydrogen) atoms. The van der Waals surface area contributed by atoms with Gasteiger partial charge in [-0.2, -0.15) is 0 Å². The van der Waals surface area contributed by atoms with Gasteiger partial charge in [-0.1, -0.05) is 25.4 Å². The van der Waals surface area contributed by atoms with Crippen molar-refractivity contribution in [3.63, 3.8) is 0 Å². The van der Waals surface area contributed by atoms with Crippen LogP contribution in [0.25, 0.3) is 11.4 Å². The van der Waals surface area contributed by atoms with Crippen molar-refractivity contribution in [3.8, 4) is 11.4 Å². The zero-order valence-corrected chi connectivity index (χ0v) is 14.2. The molecule has 0 radical (unpaired) electrons. The highest BCUT2D eigenvalue weighted by atomic mass is 35.5. The summed E-state index contributed by atoms with van der Waals surface area (Å²) in [5, 5.41) is 3.33. The molecule has 1 aromatic carbocycles. The molecule has 0 unspecified atom stereocenters. The number of hydrogen-bond acceptors (Lipinski definition) is 4. The van der Waals surface area contributed by atoms with Crippen LogP contribution in [0, 0.1) is 12.8 Å². The first-order valence-corrected chi connectivity index (χ1v) is 7.63. The number of amides is 1. The quantitative estimate of drug-likeness (QED) is 0.862. The normalized spacial score (nSPS) is 10.7. The summed E-state index contributed by atoms with van der Waals surface area (Å²) in [5.41, 5.74) is 1.61. The van der Waals surface area contributed by atoms with Crippen LogP contribution in [0.1, 0.15) is 36.8 Å². The molecule has 1 amide bonds. The number of anilines is 1. The second-order valence-corrected chi connectivity index (χ2v) is 6.00. The molecule has 0 aliphatic rings. The topological polar surface area (TPSA) is 72.0 Å². The second-order valence-electron chi connectivity index (χ2n) is 5.56. The molecule has 0 atom stereocenters. The van der Waals surface area contributed by atoms with E-state index in [9.17, 15) is 9.59 Å². The maximum Gasteiger partial charge on any atom is 0.228 e. The first-order chi connectivity index (χ1) is 10.8. The smallest absolute Gasteiger partial charge is 0.228 e. The minimum Gasteiger partial charge on any atom is -0.310 e. The van der Waals surface area contributed by atoms with Crippen LogP contribution in [0.2, 0.25) is 5.02 Å². The van der Waals surface area contributed by atoms with Crippen LogP contribution < -0.4 is 5.32 Å². The molecule has 0 fully saturated rings. The summed E-state index contributed by atoms with van der Waals surface area (Å²) in [7, 11) is 0. The largest absolute Gasteiger partial charge is 0.310 e. The van der Waals surface area contributed by atoms with Crippen molar-refractivity contribution in [1.29, 1.82) is 0 Å². The number of rotatable bonds is 4. The van der Waals surface area contributed by atoms with E-state index in [0.717, 1.165) is 5.56 Å². The number of ketones is 1. The van der Waals surface area contributed by atoms with E-state index in [1.165, 1.54) is 6.92 Å². The molecule has 0 saturated heterocycles. The van der Waals surface area contributed by atoms with Crippen LogP contribution in [0.4, 0.5) is 5.82 Å². The lowest BCUT2D eigenvalue weighted by atomic mass is 10.1. The molecule has 0 spiro atoms. The SMILES string of the molecule is CC(=O)c1c(C)nc(-c2ccc(Cl)cc2)nc1NC(=O)C(C)C. The minimum atomic E-state index is -0.218. The molecule has 0 aliphatic carbocycles. The van der Waals surface area contributed by atoms with Gasteiger partial charge in [-0.3, -0.25) is 9.59 Å². The van der Waals surface area contributed by atoms with Gasteiger partial charge in [-0.05, 0) is 38.1 Å². The van der Waals surface area contributed by atoms with E-state index in [4.69, 9.17) is 11.6 Å². The molecular weight excluding hydrogens is 314 g/mol. The summed E-state index contributed by atoms with van der Waals surface area (Å²) in [6.07, 6.45) is 0. The first kappa shape index (κ1) is 17.1. The molecular formula is C17H18ClN3O2. The van der Waals surface area contributed by atoms with E-state index in [-0.39, 0.29) is 23.4 Å². The molecule has 2 rings (SSSR count). The lowest BCUT2D eigenvalue weighted by molar-refractivity contribution is -0.118. The number of halogens is 1. The van der Waals surface area contributed by atoms with Crippen LogP contribution in [0.15, 0.2) is 24.3 Å². The molecule has 1 heterocycles. The van der Waals surface area contributed by atoms with Gasteiger partial charge in [0.15, 0.2) is 11.6 Å². The zero-order valence-electron chi connectivity index (χ0n) is 13.5. The van der Waals surface area contributed by atoms with Gasteiger partial charge in [-0.25, -0.2) is 9.97 Å². The van der Waals surface area contributed by atoms with E-state index in [0.29, 0.717) is 22.1 Å². The lowest BCUT2D eigenvalue weighted by Gasteiger charge is -2.13. The van der Waals surface area contributed by atoms with Crippen molar-refractivity contribution in [2.24, 2.45) is 5.92 Å². The summed E-state index contributed by atoms with van der Waals surface area (Å²) < 4.78 is 0. The number of benzene rings is 1. The summed E-state index contributed by atoms with van der Waals surface area (Å²) in [6.45, 7) is 6.70. The number of nitrogens with one attached hydrogen (secondary N) is 1. The Bertz CT molecular complexity index is 755. The van der Waals surface area contributed by atoms with Crippen LogP contribution in [0.5, 0.6) is 0 Å². The fourth-order valence-electron chi connectivity index (χ4n) is 2.07. The van der Waals surface area contributed by atoms with E-state index < -0.39 is 0 Å². The molecule has 0 saturated carbocycles. The lowest BCUT2D eigenvalue weighted by Crippen LogP contribution is -2.21. The van der Waals surface area contributed by atoms with Crippen molar-refractivity contribution < 1.29 is 9.59 Å². The highest BCUT2D eigenvalue weighted by molar-refractivity contribution is 6.30. The fourth-order valence-corrected chi connectivity index (χ4v) is 2.20. The van der Waals surface area contributed by atoms with Crippen molar-refractivity contribution in [3.05, 3.63) is 40.5 Å². The van der Waals surface area contributed by atoms with Gasteiger partial charge in [0.25, 0.3) is 0 Å². The van der Waals surface area contributed by atoms with E-state index in [1.807, 2.05) is 0 Å². The number of carbonyl (C=O) groups is 2. The summed E-state index contributed by atoms with van der Waals surface area (Å²) in [5.74, 6) is 0.0674. The summed E-state index contributed by atoms with van der Waals surface area (Å²) in [6, 6.07) is 7.05. The Balaban J connectivity index is 2.55. The standard InChI is InChI=1S/C17H18ClN3O2/c1-9(2)17(23)21-16-14(11(4)22)10(3)19-15(20-16)12-5-7-13(18)8-6-12/h5-9H,1-4H3,(H,19,20,21,23). The monoisotopic (exact) mass is 331 g/mol. The Labute approximate surface area is 140 Å². The fraction of sp³-hybridized carbons (Fsp3) is 0.294. The molecule has 1 aromatic heterocycles. The van der Waals surface area contributed by atoms with Gasteiger partial charge in [0.2, 0.25) is 5.91 Å². The maximum atomic E-state index is 12.0.